The molecule has 0 saturated heterocycles. The minimum atomic E-state index is -0.526. The predicted octanol–water partition coefficient (Wildman–Crippen LogP) is 4.00. The number of aromatic nitrogens is 2. The summed E-state index contributed by atoms with van der Waals surface area (Å²) in [5.74, 6) is 0. The van der Waals surface area contributed by atoms with Crippen LogP contribution in [0.1, 0.15) is 11.1 Å². The third-order valence-corrected chi connectivity index (χ3v) is 6.08. The Morgan fingerprint density at radius 1 is 0.771 bits per heavy atom. The quantitative estimate of drug-likeness (QED) is 0.390. The zero-order chi connectivity index (χ0) is 24.9. The minimum Gasteiger partial charge on any atom is -0.428 e. The molecule has 0 fully saturated rings. The van der Waals surface area contributed by atoms with Crippen molar-refractivity contribution >= 4 is 33.9 Å². The van der Waals surface area contributed by atoms with Crippen molar-refractivity contribution in [1.29, 1.82) is 0 Å². The molecule has 0 bridgehead atoms. The van der Waals surface area contributed by atoms with Crippen LogP contribution in [-0.4, -0.2) is 79.1 Å². The van der Waals surface area contributed by atoms with E-state index in [1.807, 2.05) is 89.1 Å². The van der Waals surface area contributed by atoms with Crippen molar-refractivity contribution in [2.24, 2.45) is 0 Å². The number of benzene rings is 2. The fraction of sp³-hybridized carbons (Fsp3) is 0.333. The van der Waals surface area contributed by atoms with Crippen molar-refractivity contribution in [3.63, 3.8) is 0 Å². The van der Waals surface area contributed by atoms with Gasteiger partial charge in [-0.15, -0.1) is 0 Å². The molecule has 4 aromatic rings. The molecule has 2 aromatic carbocycles. The Morgan fingerprint density at radius 2 is 1.26 bits per heavy atom. The summed E-state index contributed by atoms with van der Waals surface area (Å²) in [4.78, 5) is 30.0. The molecule has 0 aliphatic rings. The number of hydrogen-bond acceptors (Lipinski definition) is 5. The second-order valence-corrected chi connectivity index (χ2v) is 9.23. The van der Waals surface area contributed by atoms with Crippen molar-refractivity contribution in [1.82, 2.24) is 24.3 Å². The molecule has 0 aliphatic heterocycles. The highest BCUT2D eigenvalue weighted by Gasteiger charge is 2.16. The van der Waals surface area contributed by atoms with Crippen molar-refractivity contribution in [2.45, 2.75) is 12.8 Å². The van der Waals surface area contributed by atoms with Gasteiger partial charge in [0.05, 0.1) is 11.0 Å². The number of amides is 1. The van der Waals surface area contributed by atoms with Gasteiger partial charge in [-0.05, 0) is 64.3 Å². The topological polar surface area (TPSA) is 71.7 Å². The lowest BCUT2D eigenvalue weighted by molar-refractivity contribution is 0.141. The molecule has 0 saturated carbocycles. The summed E-state index contributed by atoms with van der Waals surface area (Å²) in [6, 6.07) is 15.3. The van der Waals surface area contributed by atoms with E-state index < -0.39 is 6.09 Å². The van der Waals surface area contributed by atoms with Gasteiger partial charge in [0.25, 0.3) is 0 Å². The number of nitrogens with zero attached hydrogens (tertiary/aromatic N) is 4. The smallest absolute Gasteiger partial charge is 0.420 e. The van der Waals surface area contributed by atoms with Crippen LogP contribution in [0.15, 0.2) is 60.9 Å². The fourth-order valence-electron chi connectivity index (χ4n) is 4.22. The van der Waals surface area contributed by atoms with E-state index in [1.165, 1.54) is 4.57 Å². The van der Waals surface area contributed by atoms with Crippen LogP contribution in [-0.2, 0) is 17.6 Å². The number of likely N-dealkylation sites (N-methyl/N-ethyl adjacent to an activating group) is 2. The van der Waals surface area contributed by atoms with Crippen LogP contribution in [0.5, 0.6) is 0 Å². The molecule has 35 heavy (non-hydrogen) atoms. The van der Waals surface area contributed by atoms with Gasteiger partial charge in [0.2, 0.25) is 0 Å². The average molecular weight is 476 g/mol. The summed E-state index contributed by atoms with van der Waals surface area (Å²) in [6.07, 6.45) is 4.82. The number of carbonyl (C=O) groups is 2. The molecule has 2 heterocycles. The van der Waals surface area contributed by atoms with Gasteiger partial charge in [-0.1, -0.05) is 36.4 Å². The van der Waals surface area contributed by atoms with E-state index in [-0.39, 0.29) is 12.8 Å². The van der Waals surface area contributed by atoms with Crippen LogP contribution in [0, 0.1) is 0 Å². The highest BCUT2D eigenvalue weighted by atomic mass is 16.6. The first kappa shape index (κ1) is 24.5. The summed E-state index contributed by atoms with van der Waals surface area (Å²) in [6.45, 7) is 1.53. The Morgan fingerprint density at radius 3 is 1.80 bits per heavy atom. The molecule has 0 spiro atoms. The van der Waals surface area contributed by atoms with Crippen LogP contribution in [0.2, 0.25) is 0 Å². The Hall–Kier alpha value is -3.62. The monoisotopic (exact) mass is 475 g/mol. The zero-order valence-corrected chi connectivity index (χ0v) is 20.8. The largest absolute Gasteiger partial charge is 0.428 e. The molecule has 0 atom stereocenters. The van der Waals surface area contributed by atoms with Gasteiger partial charge < -0.3 is 19.9 Å². The lowest BCUT2D eigenvalue weighted by Crippen LogP contribution is -2.32. The van der Waals surface area contributed by atoms with Crippen molar-refractivity contribution < 1.29 is 14.3 Å². The normalized spacial score (nSPS) is 11.6. The molecule has 0 unspecified atom stereocenters. The van der Waals surface area contributed by atoms with Crippen molar-refractivity contribution in [2.75, 3.05) is 48.0 Å². The zero-order valence-electron chi connectivity index (χ0n) is 20.8. The Labute approximate surface area is 205 Å². The van der Waals surface area contributed by atoms with E-state index in [0.717, 1.165) is 58.9 Å². The molecule has 1 amide bonds. The standard InChI is InChI=1S/C27H33N5O3/c1-29(2)15-13-20-17-31(24-11-7-5-9-22(20)24)26(33)28-19-35-27(34)32-18-21(14-16-30(3)4)23-10-6-8-12-25(23)32/h5-12,17-18H,13-16,19H2,1-4H3,(H,28,33). The highest BCUT2D eigenvalue weighted by molar-refractivity contribution is 5.94. The average Bonchev–Trinajstić information content (AvgIpc) is 3.40. The van der Waals surface area contributed by atoms with E-state index in [9.17, 15) is 9.59 Å². The third kappa shape index (κ3) is 5.55. The Bertz CT molecular complexity index is 1230. The maximum Gasteiger partial charge on any atom is 0.420 e. The highest BCUT2D eigenvalue weighted by Crippen LogP contribution is 2.23. The second-order valence-electron chi connectivity index (χ2n) is 9.23. The van der Waals surface area contributed by atoms with Gasteiger partial charge in [-0.3, -0.25) is 9.13 Å². The first-order valence-corrected chi connectivity index (χ1v) is 11.8. The predicted molar refractivity (Wildman–Crippen MR) is 139 cm³/mol. The molecule has 0 aliphatic carbocycles. The van der Waals surface area contributed by atoms with Gasteiger partial charge in [0.15, 0.2) is 6.73 Å². The molecular formula is C27H33N5O3. The fourth-order valence-corrected chi connectivity index (χ4v) is 4.22. The van der Waals surface area contributed by atoms with Crippen LogP contribution in [0.25, 0.3) is 21.8 Å². The molecule has 8 nitrogen and oxygen atoms in total. The van der Waals surface area contributed by atoms with Gasteiger partial charge in [0, 0.05) is 36.3 Å². The second kappa shape index (κ2) is 10.8. The Balaban J connectivity index is 1.44. The summed E-state index contributed by atoms with van der Waals surface area (Å²) < 4.78 is 8.52. The number of carbonyl (C=O) groups excluding carboxylic acids is 2. The summed E-state index contributed by atoms with van der Waals surface area (Å²) in [5.41, 5.74) is 3.80. The summed E-state index contributed by atoms with van der Waals surface area (Å²) >= 11 is 0. The number of hydrogen-bond donors (Lipinski definition) is 1. The number of rotatable bonds is 8. The molecule has 4 rings (SSSR count). The van der Waals surface area contributed by atoms with Crippen molar-refractivity contribution in [3.8, 4) is 0 Å². The molecule has 184 valence electrons. The van der Waals surface area contributed by atoms with Crippen molar-refractivity contribution in [3.05, 3.63) is 72.1 Å². The lowest BCUT2D eigenvalue weighted by Gasteiger charge is -2.09. The van der Waals surface area contributed by atoms with E-state index in [4.69, 9.17) is 4.74 Å². The number of nitrogens with one attached hydrogen (secondary N) is 1. The van der Waals surface area contributed by atoms with E-state index >= 15 is 0 Å². The van der Waals surface area contributed by atoms with Crippen LogP contribution in [0.3, 0.4) is 0 Å². The molecule has 2 aromatic heterocycles. The van der Waals surface area contributed by atoms with E-state index in [0.29, 0.717) is 0 Å². The van der Waals surface area contributed by atoms with Gasteiger partial charge in [0.1, 0.15) is 0 Å². The summed E-state index contributed by atoms with van der Waals surface area (Å²) in [5, 5.41) is 4.79. The number of para-hydroxylation sites is 2. The molecular weight excluding hydrogens is 442 g/mol. The lowest BCUT2D eigenvalue weighted by atomic mass is 10.1. The first-order chi connectivity index (χ1) is 16.8. The third-order valence-electron chi connectivity index (χ3n) is 6.08. The van der Waals surface area contributed by atoms with Crippen LogP contribution in [0.4, 0.5) is 9.59 Å². The Kier molecular flexibility index (Phi) is 7.53. The SMILES string of the molecule is CN(C)CCc1cn(C(=O)NCOC(=O)n2cc(CCN(C)C)c3ccccc32)c2ccccc12. The summed E-state index contributed by atoms with van der Waals surface area (Å²) in [7, 11) is 8.10. The first-order valence-electron chi connectivity index (χ1n) is 11.8. The maximum atomic E-state index is 12.9. The van der Waals surface area contributed by atoms with E-state index in [1.54, 1.807) is 4.57 Å². The van der Waals surface area contributed by atoms with Gasteiger partial charge in [-0.25, -0.2) is 9.59 Å². The maximum absolute atomic E-state index is 12.9. The number of ether oxygens (including phenoxy) is 1. The molecule has 0 radical (unpaired) electrons. The van der Waals surface area contributed by atoms with Gasteiger partial charge >= 0.3 is 12.1 Å². The molecule has 8 heteroatoms. The van der Waals surface area contributed by atoms with Crippen LogP contribution >= 0.6 is 0 Å². The van der Waals surface area contributed by atoms with Gasteiger partial charge in [-0.2, -0.15) is 0 Å². The number of fused-ring (bicyclic) bond motifs is 2. The van der Waals surface area contributed by atoms with E-state index in [2.05, 4.69) is 15.1 Å². The minimum absolute atomic E-state index is 0.225. The molecule has 1 N–H and O–H groups in total. The van der Waals surface area contributed by atoms with Crippen LogP contribution < -0.4 is 5.32 Å².